The molecule has 26 heavy (non-hydrogen) atoms. The third-order valence-corrected chi connectivity index (χ3v) is 5.68. The second kappa shape index (κ2) is 6.74. The number of nitrogens with zero attached hydrogens (tertiary/aromatic N) is 3. The third-order valence-electron chi connectivity index (χ3n) is 4.24. The molecule has 1 unspecified atom stereocenters. The summed E-state index contributed by atoms with van der Waals surface area (Å²) in [7, 11) is -3.74. The van der Waals surface area contributed by atoms with Gasteiger partial charge in [0.25, 0.3) is 0 Å². The van der Waals surface area contributed by atoms with Gasteiger partial charge in [-0.2, -0.15) is 18.4 Å². The molecular formula is C16H15F3N4O2S. The topological polar surface area (TPSA) is 87.8 Å². The van der Waals surface area contributed by atoms with Crippen LogP contribution < -0.4 is 4.72 Å². The molecule has 1 atom stereocenters. The van der Waals surface area contributed by atoms with Crippen LogP contribution in [0.15, 0.2) is 35.4 Å². The predicted molar refractivity (Wildman–Crippen MR) is 85.4 cm³/mol. The fourth-order valence-electron chi connectivity index (χ4n) is 2.84. The number of aromatic nitrogens is 2. The van der Waals surface area contributed by atoms with E-state index in [1.165, 1.54) is 28.8 Å². The van der Waals surface area contributed by atoms with Gasteiger partial charge in [0.2, 0.25) is 10.0 Å². The van der Waals surface area contributed by atoms with E-state index in [4.69, 9.17) is 5.26 Å². The minimum Gasteiger partial charge on any atom is -0.334 e. The highest BCUT2D eigenvalue weighted by atomic mass is 32.2. The molecule has 0 radical (unpaired) electrons. The van der Waals surface area contributed by atoms with E-state index in [2.05, 4.69) is 9.71 Å². The van der Waals surface area contributed by atoms with E-state index in [0.29, 0.717) is 24.2 Å². The highest BCUT2D eigenvalue weighted by Crippen LogP contribution is 2.30. The first-order valence-electron chi connectivity index (χ1n) is 7.82. The van der Waals surface area contributed by atoms with Crippen molar-refractivity contribution >= 4 is 10.0 Å². The van der Waals surface area contributed by atoms with Gasteiger partial charge in [-0.3, -0.25) is 0 Å². The quantitative estimate of drug-likeness (QED) is 0.876. The Morgan fingerprint density at radius 1 is 1.31 bits per heavy atom. The number of fused-ring (bicyclic) bond motifs is 1. The lowest BCUT2D eigenvalue weighted by atomic mass is 10.00. The fourth-order valence-corrected chi connectivity index (χ4v) is 3.95. The standard InChI is InChI=1S/C16H15F3N4O2S/c17-16(18,19)14-10-23-9-12(3-6-15(23)22-14)8-21-26(24,25)13-4-1-11(7-20)2-5-13/h1-2,4-5,10,12,21H,3,6,8-9H2. The van der Waals surface area contributed by atoms with Gasteiger partial charge in [-0.25, -0.2) is 18.1 Å². The molecule has 0 saturated carbocycles. The molecule has 0 amide bonds. The van der Waals surface area contributed by atoms with Gasteiger partial charge < -0.3 is 4.57 Å². The molecule has 0 bridgehead atoms. The van der Waals surface area contributed by atoms with Crippen LogP contribution in [0.4, 0.5) is 13.2 Å². The van der Waals surface area contributed by atoms with Gasteiger partial charge in [0.15, 0.2) is 5.69 Å². The zero-order valence-corrected chi connectivity index (χ0v) is 14.3. The average Bonchev–Trinajstić information content (AvgIpc) is 3.04. The Bertz CT molecular complexity index is 943. The minimum atomic E-state index is -4.49. The Kier molecular flexibility index (Phi) is 4.77. The number of hydrogen-bond donors (Lipinski definition) is 1. The van der Waals surface area contributed by atoms with Crippen LogP contribution in [-0.2, 0) is 29.2 Å². The molecule has 0 spiro atoms. The summed E-state index contributed by atoms with van der Waals surface area (Å²) >= 11 is 0. The van der Waals surface area contributed by atoms with E-state index < -0.39 is 21.9 Å². The number of alkyl halides is 3. The molecule has 0 saturated heterocycles. The largest absolute Gasteiger partial charge is 0.434 e. The van der Waals surface area contributed by atoms with Crippen LogP contribution in [0.1, 0.15) is 23.5 Å². The summed E-state index contributed by atoms with van der Waals surface area (Å²) < 4.78 is 66.7. The Labute approximate surface area is 148 Å². The average molecular weight is 384 g/mol. The highest BCUT2D eigenvalue weighted by Gasteiger charge is 2.35. The van der Waals surface area contributed by atoms with Gasteiger partial charge in [0, 0.05) is 25.7 Å². The molecule has 2 heterocycles. The first-order chi connectivity index (χ1) is 12.2. The Balaban J connectivity index is 1.65. The lowest BCUT2D eigenvalue weighted by Gasteiger charge is -2.23. The van der Waals surface area contributed by atoms with Crippen molar-refractivity contribution < 1.29 is 21.6 Å². The summed E-state index contributed by atoms with van der Waals surface area (Å²) in [6.07, 6.45) is -2.61. The first kappa shape index (κ1) is 18.4. The molecule has 1 aliphatic rings. The zero-order valence-electron chi connectivity index (χ0n) is 13.5. The fraction of sp³-hybridized carbons (Fsp3) is 0.375. The lowest BCUT2D eigenvalue weighted by Crippen LogP contribution is -2.33. The van der Waals surface area contributed by atoms with Crippen LogP contribution in [-0.4, -0.2) is 24.5 Å². The number of nitriles is 1. The SMILES string of the molecule is N#Cc1ccc(S(=O)(=O)NCC2CCc3nc(C(F)(F)F)cn3C2)cc1. The summed E-state index contributed by atoms with van der Waals surface area (Å²) in [5.74, 6) is 0.231. The van der Waals surface area contributed by atoms with E-state index in [0.717, 1.165) is 6.20 Å². The van der Waals surface area contributed by atoms with E-state index >= 15 is 0 Å². The number of hydrogen-bond acceptors (Lipinski definition) is 4. The number of benzene rings is 1. The van der Waals surface area contributed by atoms with E-state index in [9.17, 15) is 21.6 Å². The van der Waals surface area contributed by atoms with Gasteiger partial charge in [-0.05, 0) is 36.6 Å². The molecule has 138 valence electrons. The molecule has 1 aliphatic heterocycles. The smallest absolute Gasteiger partial charge is 0.334 e. The monoisotopic (exact) mass is 384 g/mol. The van der Waals surface area contributed by atoms with Crippen LogP contribution in [0.5, 0.6) is 0 Å². The van der Waals surface area contributed by atoms with Crippen molar-refractivity contribution in [3.63, 3.8) is 0 Å². The summed E-state index contributed by atoms with van der Waals surface area (Å²) in [5.41, 5.74) is -0.573. The number of aryl methyl sites for hydroxylation is 1. The summed E-state index contributed by atoms with van der Waals surface area (Å²) in [4.78, 5) is 3.64. The van der Waals surface area contributed by atoms with Crippen LogP contribution in [0, 0.1) is 17.2 Å². The molecule has 1 aromatic heterocycles. The Morgan fingerprint density at radius 3 is 2.62 bits per heavy atom. The van der Waals surface area contributed by atoms with Crippen molar-refractivity contribution in [2.24, 2.45) is 5.92 Å². The predicted octanol–water partition coefficient (Wildman–Crippen LogP) is 2.31. The highest BCUT2D eigenvalue weighted by molar-refractivity contribution is 7.89. The molecule has 1 aromatic carbocycles. The molecule has 10 heteroatoms. The maximum Gasteiger partial charge on any atom is 0.434 e. The number of imidazole rings is 1. The van der Waals surface area contributed by atoms with Crippen LogP contribution in [0.25, 0.3) is 0 Å². The normalized spacial score (nSPS) is 17.5. The lowest BCUT2D eigenvalue weighted by molar-refractivity contribution is -0.141. The van der Waals surface area contributed by atoms with Crippen molar-refractivity contribution in [2.45, 2.75) is 30.5 Å². The summed E-state index contributed by atoms with van der Waals surface area (Å²) in [6, 6.07) is 7.40. The second-order valence-corrected chi connectivity index (χ2v) is 7.85. The van der Waals surface area contributed by atoms with Crippen LogP contribution >= 0.6 is 0 Å². The van der Waals surface area contributed by atoms with Gasteiger partial charge in [0.1, 0.15) is 5.82 Å². The van der Waals surface area contributed by atoms with Crippen molar-refractivity contribution in [1.82, 2.24) is 14.3 Å². The zero-order chi connectivity index (χ0) is 18.9. The summed E-state index contributed by atoms with van der Waals surface area (Å²) in [5, 5.41) is 8.74. The maximum absolute atomic E-state index is 12.7. The van der Waals surface area contributed by atoms with Crippen molar-refractivity contribution in [2.75, 3.05) is 6.54 Å². The first-order valence-corrected chi connectivity index (χ1v) is 9.30. The van der Waals surface area contributed by atoms with E-state index in [1.54, 1.807) is 0 Å². The second-order valence-electron chi connectivity index (χ2n) is 6.09. The third kappa shape index (κ3) is 3.89. The van der Waals surface area contributed by atoms with Gasteiger partial charge in [-0.15, -0.1) is 0 Å². The van der Waals surface area contributed by atoms with E-state index in [-0.39, 0.29) is 23.9 Å². The number of rotatable bonds is 4. The van der Waals surface area contributed by atoms with Crippen molar-refractivity contribution in [3.8, 4) is 6.07 Å². The van der Waals surface area contributed by atoms with Crippen LogP contribution in [0.2, 0.25) is 0 Å². The Hall–Kier alpha value is -2.38. The molecule has 0 aliphatic carbocycles. The molecule has 3 rings (SSSR count). The minimum absolute atomic E-state index is 0.0370. The molecule has 0 fully saturated rings. The molecular weight excluding hydrogens is 369 g/mol. The van der Waals surface area contributed by atoms with Crippen molar-refractivity contribution in [3.05, 3.63) is 47.5 Å². The number of halogens is 3. The molecule has 2 aromatic rings. The van der Waals surface area contributed by atoms with E-state index in [1.807, 2.05) is 6.07 Å². The van der Waals surface area contributed by atoms with Crippen molar-refractivity contribution in [1.29, 1.82) is 5.26 Å². The van der Waals surface area contributed by atoms with Crippen LogP contribution in [0.3, 0.4) is 0 Å². The number of nitrogens with one attached hydrogen (secondary N) is 1. The number of sulfonamides is 1. The Morgan fingerprint density at radius 2 is 2.00 bits per heavy atom. The molecule has 6 nitrogen and oxygen atoms in total. The van der Waals surface area contributed by atoms with Gasteiger partial charge in [-0.1, -0.05) is 0 Å². The summed E-state index contributed by atoms with van der Waals surface area (Å²) in [6.45, 7) is 0.385. The maximum atomic E-state index is 12.7. The van der Waals surface area contributed by atoms with Gasteiger partial charge in [0.05, 0.1) is 16.5 Å². The van der Waals surface area contributed by atoms with Gasteiger partial charge >= 0.3 is 6.18 Å². The molecule has 1 N–H and O–H groups in total.